The van der Waals surface area contributed by atoms with Crippen molar-refractivity contribution in [3.8, 4) is 0 Å². The molecule has 78 valence electrons. The molecule has 0 aliphatic rings. The minimum absolute atomic E-state index is 0.411. The Labute approximate surface area is 80.5 Å². The minimum atomic E-state index is -5.63. The lowest BCUT2D eigenvalue weighted by Crippen LogP contribution is -2.33. The van der Waals surface area contributed by atoms with E-state index in [1.54, 1.807) is 0 Å². The van der Waals surface area contributed by atoms with Crippen molar-refractivity contribution in [3.05, 3.63) is 29.0 Å². The first-order valence-corrected chi connectivity index (χ1v) is 3.69. The second kappa shape index (κ2) is 3.34. The average Bonchev–Trinajstić information content (AvgIpc) is 2.02. The summed E-state index contributed by atoms with van der Waals surface area (Å²) >= 11 is 5.19. The largest absolute Gasteiger partial charge is 0.458 e. The van der Waals surface area contributed by atoms with Gasteiger partial charge in [-0.25, -0.2) is 4.98 Å². The van der Waals surface area contributed by atoms with E-state index in [0.29, 0.717) is 12.1 Å². The SMILES string of the molecule is FC(F)(F)C(F)(F)c1ccnc(Cl)c1. The van der Waals surface area contributed by atoms with Crippen LogP contribution in [-0.4, -0.2) is 11.2 Å². The van der Waals surface area contributed by atoms with Gasteiger partial charge in [-0.2, -0.15) is 22.0 Å². The van der Waals surface area contributed by atoms with Crippen molar-refractivity contribution in [2.45, 2.75) is 12.1 Å². The van der Waals surface area contributed by atoms with Crippen molar-refractivity contribution in [2.75, 3.05) is 0 Å². The summed E-state index contributed by atoms with van der Waals surface area (Å²) in [6.45, 7) is 0. The predicted octanol–water partition coefficient (Wildman–Crippen LogP) is 3.39. The number of halogens is 6. The van der Waals surface area contributed by atoms with Crippen LogP contribution in [0.25, 0.3) is 0 Å². The molecule has 0 radical (unpaired) electrons. The number of hydrogen-bond acceptors (Lipinski definition) is 1. The summed E-state index contributed by atoms with van der Waals surface area (Å²) in [6, 6.07) is 1.05. The number of aromatic nitrogens is 1. The molecule has 0 bridgehead atoms. The summed E-state index contributed by atoms with van der Waals surface area (Å²) in [7, 11) is 0. The molecule has 0 amide bonds. The summed E-state index contributed by atoms with van der Waals surface area (Å²) in [5.74, 6) is -4.90. The topological polar surface area (TPSA) is 12.9 Å². The molecule has 0 saturated heterocycles. The maximum Gasteiger partial charge on any atom is 0.458 e. The first kappa shape index (κ1) is 11.2. The standard InChI is InChI=1S/C7H3ClF5N/c8-5-3-4(1-2-14-5)6(9,10)7(11,12)13/h1-3H. The maximum absolute atomic E-state index is 12.6. The number of nitrogens with zero attached hydrogens (tertiary/aromatic N) is 1. The third-order valence-electron chi connectivity index (χ3n) is 1.45. The smallest absolute Gasteiger partial charge is 0.245 e. The zero-order chi connectivity index (χ0) is 11.0. The Hall–Kier alpha value is -0.910. The van der Waals surface area contributed by atoms with Crippen molar-refractivity contribution in [2.24, 2.45) is 0 Å². The molecule has 7 heteroatoms. The highest BCUT2D eigenvalue weighted by atomic mass is 35.5. The van der Waals surface area contributed by atoms with Gasteiger partial charge in [0, 0.05) is 11.8 Å². The van der Waals surface area contributed by atoms with E-state index in [9.17, 15) is 22.0 Å². The Bertz CT molecular complexity index is 335. The highest BCUT2D eigenvalue weighted by molar-refractivity contribution is 6.29. The number of hydrogen-bond donors (Lipinski definition) is 0. The van der Waals surface area contributed by atoms with E-state index < -0.39 is 22.8 Å². The van der Waals surface area contributed by atoms with Gasteiger partial charge in [0.2, 0.25) is 0 Å². The van der Waals surface area contributed by atoms with E-state index in [1.807, 2.05) is 0 Å². The monoisotopic (exact) mass is 231 g/mol. The van der Waals surface area contributed by atoms with Crippen LogP contribution in [0.2, 0.25) is 5.15 Å². The van der Waals surface area contributed by atoms with Crippen LogP contribution in [0.15, 0.2) is 18.3 Å². The lowest BCUT2D eigenvalue weighted by atomic mass is 10.1. The fraction of sp³-hybridized carbons (Fsp3) is 0.286. The maximum atomic E-state index is 12.6. The quantitative estimate of drug-likeness (QED) is 0.533. The summed E-state index contributed by atoms with van der Waals surface area (Å²) in [5.41, 5.74) is -1.22. The van der Waals surface area contributed by atoms with Crippen LogP contribution in [0, 0.1) is 0 Å². The zero-order valence-corrected chi connectivity index (χ0v) is 7.20. The van der Waals surface area contributed by atoms with Crippen LogP contribution in [0.1, 0.15) is 5.56 Å². The van der Waals surface area contributed by atoms with Gasteiger partial charge in [0.05, 0.1) is 0 Å². The van der Waals surface area contributed by atoms with Crippen LogP contribution in [0.5, 0.6) is 0 Å². The number of pyridine rings is 1. The van der Waals surface area contributed by atoms with E-state index in [0.717, 1.165) is 6.20 Å². The van der Waals surface area contributed by atoms with Gasteiger partial charge in [-0.3, -0.25) is 0 Å². The zero-order valence-electron chi connectivity index (χ0n) is 6.45. The van der Waals surface area contributed by atoms with Gasteiger partial charge >= 0.3 is 12.1 Å². The normalized spacial score (nSPS) is 13.0. The molecule has 0 spiro atoms. The molecule has 1 aromatic rings. The van der Waals surface area contributed by atoms with Crippen molar-refractivity contribution < 1.29 is 22.0 Å². The van der Waals surface area contributed by atoms with E-state index in [2.05, 4.69) is 4.98 Å². The fourth-order valence-corrected chi connectivity index (χ4v) is 0.935. The second-order valence-corrected chi connectivity index (χ2v) is 2.83. The number of alkyl halides is 5. The predicted molar refractivity (Wildman–Crippen MR) is 39.2 cm³/mol. The Morgan fingerprint density at radius 1 is 1.14 bits per heavy atom. The Morgan fingerprint density at radius 3 is 2.14 bits per heavy atom. The molecule has 0 aliphatic carbocycles. The van der Waals surface area contributed by atoms with Gasteiger partial charge in [-0.1, -0.05) is 11.6 Å². The minimum Gasteiger partial charge on any atom is -0.245 e. The van der Waals surface area contributed by atoms with Crippen molar-refractivity contribution in [3.63, 3.8) is 0 Å². The van der Waals surface area contributed by atoms with E-state index >= 15 is 0 Å². The van der Waals surface area contributed by atoms with Gasteiger partial charge in [0.25, 0.3) is 0 Å². The Balaban J connectivity index is 3.16. The number of rotatable bonds is 1. The average molecular weight is 232 g/mol. The Kier molecular flexibility index (Phi) is 2.67. The first-order chi connectivity index (χ1) is 6.25. The third kappa shape index (κ3) is 1.95. The highest BCUT2D eigenvalue weighted by Gasteiger charge is 2.58. The van der Waals surface area contributed by atoms with Crippen molar-refractivity contribution >= 4 is 11.6 Å². The van der Waals surface area contributed by atoms with Crippen LogP contribution in [0.4, 0.5) is 22.0 Å². The molecule has 0 N–H and O–H groups in total. The first-order valence-electron chi connectivity index (χ1n) is 3.32. The van der Waals surface area contributed by atoms with Crippen LogP contribution < -0.4 is 0 Å². The molecule has 1 aromatic heterocycles. The summed E-state index contributed by atoms with van der Waals surface area (Å²) in [4.78, 5) is 3.30. The molecule has 0 saturated carbocycles. The molecule has 1 rings (SSSR count). The lowest BCUT2D eigenvalue weighted by Gasteiger charge is -2.19. The fourth-order valence-electron chi connectivity index (χ4n) is 0.761. The van der Waals surface area contributed by atoms with Crippen LogP contribution >= 0.6 is 11.6 Å². The molecule has 0 fully saturated rings. The lowest BCUT2D eigenvalue weighted by molar-refractivity contribution is -0.289. The molecule has 14 heavy (non-hydrogen) atoms. The molecular weight excluding hydrogens is 229 g/mol. The van der Waals surface area contributed by atoms with E-state index in [1.165, 1.54) is 0 Å². The van der Waals surface area contributed by atoms with E-state index in [-0.39, 0.29) is 0 Å². The van der Waals surface area contributed by atoms with Gasteiger partial charge in [-0.05, 0) is 12.1 Å². The third-order valence-corrected chi connectivity index (χ3v) is 1.65. The molecule has 1 nitrogen and oxygen atoms in total. The molecule has 0 unspecified atom stereocenters. The van der Waals surface area contributed by atoms with Gasteiger partial charge in [0.1, 0.15) is 5.15 Å². The summed E-state index contributed by atoms with van der Waals surface area (Å²) in [6.07, 6.45) is -4.84. The summed E-state index contributed by atoms with van der Waals surface area (Å²) < 4.78 is 60.8. The van der Waals surface area contributed by atoms with Gasteiger partial charge in [-0.15, -0.1) is 0 Å². The molecule has 0 aromatic carbocycles. The van der Waals surface area contributed by atoms with Crippen molar-refractivity contribution in [1.29, 1.82) is 0 Å². The second-order valence-electron chi connectivity index (χ2n) is 2.44. The summed E-state index contributed by atoms with van der Waals surface area (Å²) in [5, 5.41) is -0.411. The molecule has 0 aliphatic heterocycles. The van der Waals surface area contributed by atoms with Crippen LogP contribution in [0.3, 0.4) is 0 Å². The molecule has 0 atom stereocenters. The van der Waals surface area contributed by atoms with Gasteiger partial charge < -0.3 is 0 Å². The highest BCUT2D eigenvalue weighted by Crippen LogP contribution is 2.43. The van der Waals surface area contributed by atoms with E-state index in [4.69, 9.17) is 11.6 Å². The van der Waals surface area contributed by atoms with Gasteiger partial charge in [0.15, 0.2) is 0 Å². The Morgan fingerprint density at radius 2 is 1.71 bits per heavy atom. The molecule has 1 heterocycles. The van der Waals surface area contributed by atoms with Crippen LogP contribution in [-0.2, 0) is 5.92 Å². The van der Waals surface area contributed by atoms with Crippen molar-refractivity contribution in [1.82, 2.24) is 4.98 Å². The molecular formula is C7H3ClF5N.